The number of carbonyl (C=O) groups is 1. The minimum atomic E-state index is -0.853. The third-order valence-electron chi connectivity index (χ3n) is 5.76. The van der Waals surface area contributed by atoms with Crippen LogP contribution in [0.25, 0.3) is 22.4 Å². The number of H-pyrrole nitrogens is 1. The Morgan fingerprint density at radius 1 is 1.09 bits per heavy atom. The Hall–Kier alpha value is -3.82. The molecule has 1 aliphatic rings. The molecule has 0 unspecified atom stereocenters. The first-order chi connectivity index (χ1) is 16.5. The number of nitroso groups, excluding NO2 is 1. The number of nitrogens with one attached hydrogen (secondary N) is 2. The van der Waals surface area contributed by atoms with Crippen LogP contribution >= 0.6 is 11.6 Å². The number of pyridine rings is 1. The fourth-order valence-electron chi connectivity index (χ4n) is 3.96. The summed E-state index contributed by atoms with van der Waals surface area (Å²) in [7, 11) is 0. The summed E-state index contributed by atoms with van der Waals surface area (Å²) in [4.78, 5) is 36.8. The van der Waals surface area contributed by atoms with E-state index in [0.29, 0.717) is 33.2 Å². The van der Waals surface area contributed by atoms with E-state index in [2.05, 4.69) is 42.5 Å². The first-order valence-corrected chi connectivity index (χ1v) is 11.2. The van der Waals surface area contributed by atoms with Crippen LogP contribution in [0.4, 0.5) is 5.69 Å². The van der Waals surface area contributed by atoms with Crippen LogP contribution in [0.3, 0.4) is 0 Å². The van der Waals surface area contributed by atoms with Crippen molar-refractivity contribution < 1.29 is 9.53 Å². The van der Waals surface area contributed by atoms with Crippen LogP contribution < -0.4 is 15.0 Å². The minimum Gasteiger partial charge on any atom is -0.426 e. The van der Waals surface area contributed by atoms with Gasteiger partial charge in [-0.2, -0.15) is 4.98 Å². The molecule has 4 aromatic rings. The molecule has 10 heteroatoms. The molecule has 0 radical (unpaired) electrons. The number of aromatic amines is 1. The summed E-state index contributed by atoms with van der Waals surface area (Å²) in [5.74, 6) is -0.514. The van der Waals surface area contributed by atoms with Gasteiger partial charge in [0.25, 0.3) is 0 Å². The molecule has 2 aromatic carbocycles. The van der Waals surface area contributed by atoms with E-state index in [1.54, 1.807) is 25.1 Å². The Kier molecular flexibility index (Phi) is 5.95. The first-order valence-electron chi connectivity index (χ1n) is 10.8. The Bertz CT molecular complexity index is 1380. The number of amides is 1. The van der Waals surface area contributed by atoms with E-state index in [-0.39, 0.29) is 11.6 Å². The zero-order valence-electron chi connectivity index (χ0n) is 18.3. The van der Waals surface area contributed by atoms with Gasteiger partial charge in [-0.3, -0.25) is 4.79 Å². The van der Waals surface area contributed by atoms with Gasteiger partial charge in [-0.1, -0.05) is 29.8 Å². The van der Waals surface area contributed by atoms with Crippen molar-refractivity contribution in [3.05, 3.63) is 69.6 Å². The van der Waals surface area contributed by atoms with Crippen LogP contribution in [0, 0.1) is 11.8 Å². The number of benzene rings is 2. The van der Waals surface area contributed by atoms with E-state index in [0.717, 1.165) is 31.7 Å². The molecule has 1 saturated heterocycles. The maximum atomic E-state index is 11.7. The molecular weight excluding hydrogens is 456 g/mol. The molecule has 1 fully saturated rings. The van der Waals surface area contributed by atoms with Gasteiger partial charge in [-0.05, 0) is 42.8 Å². The molecule has 34 heavy (non-hydrogen) atoms. The topological polar surface area (TPSA) is 113 Å². The average Bonchev–Trinajstić information content (AvgIpc) is 3.25. The number of hydrogen-bond donors (Lipinski definition) is 2. The number of aryl methyl sites for hydroxylation is 1. The molecule has 0 bridgehead atoms. The number of ether oxygens (including phenoxy) is 1. The van der Waals surface area contributed by atoms with Crippen LogP contribution in [0.15, 0.2) is 53.7 Å². The van der Waals surface area contributed by atoms with Gasteiger partial charge in [-0.25, -0.2) is 4.98 Å². The fraction of sp³-hybridized carbons (Fsp3) is 0.208. The Balaban J connectivity index is 1.41. The Morgan fingerprint density at radius 2 is 1.85 bits per heavy atom. The standard InChI is InChI=1S/C24H21ClN6O3/c1-14-2-7-17(12-18(14)23(32)30-33)34-24-27-20-13-19(25)21(28-22(20)29-24)15-3-5-16(6-4-15)31-10-8-26-9-11-31/h2-7,12-13,26H,8-11H2,1H3,(H,27,28,29). The summed E-state index contributed by atoms with van der Waals surface area (Å²) >= 11 is 6.54. The lowest BCUT2D eigenvalue weighted by atomic mass is 10.1. The van der Waals surface area contributed by atoms with Crippen LogP contribution in [-0.2, 0) is 0 Å². The van der Waals surface area contributed by atoms with E-state index < -0.39 is 5.91 Å². The van der Waals surface area contributed by atoms with Crippen molar-refractivity contribution in [3.8, 4) is 23.0 Å². The van der Waals surface area contributed by atoms with Crippen molar-refractivity contribution in [2.45, 2.75) is 6.92 Å². The van der Waals surface area contributed by atoms with Gasteiger partial charge < -0.3 is 19.9 Å². The van der Waals surface area contributed by atoms with Gasteiger partial charge in [0.2, 0.25) is 0 Å². The number of nitrogens with zero attached hydrogens (tertiary/aromatic N) is 4. The molecule has 0 spiro atoms. The third kappa shape index (κ3) is 4.35. The van der Waals surface area contributed by atoms with Gasteiger partial charge in [0.15, 0.2) is 5.65 Å². The summed E-state index contributed by atoms with van der Waals surface area (Å²) in [6.07, 6.45) is 0. The molecule has 9 nitrogen and oxygen atoms in total. The smallest absolute Gasteiger partial charge is 0.317 e. The summed E-state index contributed by atoms with van der Waals surface area (Å²) in [6, 6.07) is 14.9. The third-order valence-corrected chi connectivity index (χ3v) is 6.05. The van der Waals surface area contributed by atoms with Crippen LogP contribution in [-0.4, -0.2) is 47.0 Å². The van der Waals surface area contributed by atoms with Gasteiger partial charge in [-0.15, -0.1) is 4.91 Å². The van der Waals surface area contributed by atoms with E-state index in [1.807, 2.05) is 12.1 Å². The highest BCUT2D eigenvalue weighted by atomic mass is 35.5. The highest BCUT2D eigenvalue weighted by molar-refractivity contribution is 6.33. The number of rotatable bonds is 5. The lowest BCUT2D eigenvalue weighted by molar-refractivity contribution is 0.1000. The molecule has 172 valence electrons. The number of halogens is 1. The predicted molar refractivity (Wildman–Crippen MR) is 131 cm³/mol. The zero-order chi connectivity index (χ0) is 23.7. The molecule has 0 aliphatic carbocycles. The molecule has 3 heterocycles. The molecule has 0 atom stereocenters. The largest absolute Gasteiger partial charge is 0.426 e. The summed E-state index contributed by atoms with van der Waals surface area (Å²) in [5.41, 5.74) is 4.54. The van der Waals surface area contributed by atoms with Crippen molar-refractivity contribution in [1.82, 2.24) is 20.3 Å². The van der Waals surface area contributed by atoms with E-state index in [1.165, 1.54) is 11.8 Å². The average molecular weight is 477 g/mol. The van der Waals surface area contributed by atoms with Crippen LogP contribution in [0.1, 0.15) is 15.9 Å². The monoisotopic (exact) mass is 476 g/mol. The molecule has 2 N–H and O–H groups in total. The molecule has 1 amide bonds. The number of aromatic nitrogens is 3. The minimum absolute atomic E-state index is 0.177. The summed E-state index contributed by atoms with van der Waals surface area (Å²) in [5, 5.41) is 6.32. The molecule has 5 rings (SSSR count). The van der Waals surface area contributed by atoms with Crippen LogP contribution in [0.5, 0.6) is 11.8 Å². The van der Waals surface area contributed by atoms with Gasteiger partial charge in [0, 0.05) is 42.6 Å². The molecule has 2 aromatic heterocycles. The Morgan fingerprint density at radius 3 is 2.59 bits per heavy atom. The highest BCUT2D eigenvalue weighted by Gasteiger charge is 2.16. The van der Waals surface area contributed by atoms with Crippen LogP contribution in [0.2, 0.25) is 5.02 Å². The second-order valence-electron chi connectivity index (χ2n) is 7.99. The van der Waals surface area contributed by atoms with Gasteiger partial charge in [0.05, 0.1) is 21.8 Å². The first kappa shape index (κ1) is 22.0. The lowest BCUT2D eigenvalue weighted by Crippen LogP contribution is -2.43. The van der Waals surface area contributed by atoms with Gasteiger partial charge in [0.1, 0.15) is 5.75 Å². The van der Waals surface area contributed by atoms with E-state index >= 15 is 0 Å². The Labute approximate surface area is 200 Å². The number of carbonyl (C=O) groups excluding carboxylic acids is 1. The number of fused-ring (bicyclic) bond motifs is 1. The van der Waals surface area contributed by atoms with E-state index in [4.69, 9.17) is 16.3 Å². The highest BCUT2D eigenvalue weighted by Crippen LogP contribution is 2.32. The molecule has 1 aliphatic heterocycles. The lowest BCUT2D eigenvalue weighted by Gasteiger charge is -2.29. The van der Waals surface area contributed by atoms with Crippen molar-refractivity contribution in [1.29, 1.82) is 0 Å². The number of piperazine rings is 1. The van der Waals surface area contributed by atoms with Gasteiger partial charge >= 0.3 is 11.9 Å². The zero-order valence-corrected chi connectivity index (χ0v) is 19.1. The van der Waals surface area contributed by atoms with Crippen molar-refractivity contribution in [2.24, 2.45) is 5.18 Å². The SMILES string of the molecule is Cc1ccc(Oc2nc3nc(-c4ccc(N5CCNCC5)cc4)c(Cl)cc3[nH]2)cc1C(=O)N=O. The molecule has 0 saturated carbocycles. The summed E-state index contributed by atoms with van der Waals surface area (Å²) < 4.78 is 5.77. The normalized spacial score (nSPS) is 13.8. The van der Waals surface area contributed by atoms with Crippen molar-refractivity contribution in [2.75, 3.05) is 31.1 Å². The second kappa shape index (κ2) is 9.20. The van der Waals surface area contributed by atoms with E-state index in [9.17, 15) is 9.70 Å². The van der Waals surface area contributed by atoms with Crippen molar-refractivity contribution >= 4 is 34.4 Å². The maximum absolute atomic E-state index is 11.7. The second-order valence-corrected chi connectivity index (χ2v) is 8.40. The number of hydrogen-bond acceptors (Lipinski definition) is 7. The number of imidazole rings is 1. The number of anilines is 1. The van der Waals surface area contributed by atoms with Crippen molar-refractivity contribution in [3.63, 3.8) is 0 Å². The summed E-state index contributed by atoms with van der Waals surface area (Å²) in [6.45, 7) is 5.62. The predicted octanol–water partition coefficient (Wildman–Crippen LogP) is 4.70. The molecular formula is C24H21ClN6O3. The fourth-order valence-corrected chi connectivity index (χ4v) is 4.22. The maximum Gasteiger partial charge on any atom is 0.317 e. The quantitative estimate of drug-likeness (QED) is 0.401.